The smallest absolute Gasteiger partial charge is 0.241 e. The lowest BCUT2D eigenvalue weighted by Gasteiger charge is -2.31. The van der Waals surface area contributed by atoms with Crippen molar-refractivity contribution < 1.29 is 14.6 Å². The second-order valence-electron chi connectivity index (χ2n) is 6.39. The van der Waals surface area contributed by atoms with Crippen LogP contribution in [0.3, 0.4) is 0 Å². The molecule has 1 aliphatic heterocycles. The van der Waals surface area contributed by atoms with Gasteiger partial charge in [-0.15, -0.1) is 0 Å². The molecule has 0 aromatic heterocycles. The van der Waals surface area contributed by atoms with Gasteiger partial charge in [-0.3, -0.25) is 9.69 Å². The van der Waals surface area contributed by atoms with E-state index in [1.165, 1.54) is 5.57 Å². The summed E-state index contributed by atoms with van der Waals surface area (Å²) in [5.74, 6) is 0.880. The Morgan fingerprint density at radius 2 is 1.92 bits per heavy atom. The largest absolute Gasteiger partial charge is 0.508 e. The Kier molecular flexibility index (Phi) is 5.58. The predicted octanol–water partition coefficient (Wildman–Crippen LogP) is 3.52. The zero-order chi connectivity index (χ0) is 18.5. The number of benzene rings is 2. The molecule has 1 amide bonds. The molecule has 0 spiro atoms. The summed E-state index contributed by atoms with van der Waals surface area (Å²) >= 11 is 0. The number of nitrogens with one attached hydrogen (secondary N) is 1. The summed E-state index contributed by atoms with van der Waals surface area (Å²) in [7, 11) is 1.59. The van der Waals surface area contributed by atoms with Crippen molar-refractivity contribution in [3.05, 3.63) is 60.2 Å². The Bertz CT molecular complexity index is 799. The summed E-state index contributed by atoms with van der Waals surface area (Å²) in [6.07, 6.45) is 3.03. The highest BCUT2D eigenvalue weighted by atomic mass is 16.5. The average Bonchev–Trinajstić information content (AvgIpc) is 2.68. The highest BCUT2D eigenvalue weighted by Gasteiger charge is 2.24. The second kappa shape index (κ2) is 8.06. The molecule has 0 bridgehead atoms. The van der Waals surface area contributed by atoms with E-state index in [0.717, 1.165) is 25.1 Å². The number of hydrogen-bond donors (Lipinski definition) is 2. The van der Waals surface area contributed by atoms with E-state index in [0.29, 0.717) is 11.4 Å². The van der Waals surface area contributed by atoms with Crippen molar-refractivity contribution >= 4 is 17.2 Å². The van der Waals surface area contributed by atoms with Crippen LogP contribution in [0.4, 0.5) is 5.69 Å². The summed E-state index contributed by atoms with van der Waals surface area (Å²) in [6.45, 7) is 3.45. The number of amides is 1. The number of phenols is 1. The van der Waals surface area contributed by atoms with Gasteiger partial charge in [0.25, 0.3) is 0 Å². The maximum Gasteiger partial charge on any atom is 0.241 e. The van der Waals surface area contributed by atoms with Gasteiger partial charge in [-0.25, -0.2) is 0 Å². The van der Waals surface area contributed by atoms with Gasteiger partial charge in [-0.2, -0.15) is 0 Å². The highest BCUT2D eigenvalue weighted by molar-refractivity contribution is 5.95. The minimum Gasteiger partial charge on any atom is -0.508 e. The number of nitrogens with zero attached hydrogens (tertiary/aromatic N) is 1. The molecule has 2 aromatic carbocycles. The first-order chi connectivity index (χ1) is 12.6. The maximum absolute atomic E-state index is 12.6. The molecule has 2 N–H and O–H groups in total. The van der Waals surface area contributed by atoms with Gasteiger partial charge in [0.15, 0.2) is 0 Å². The monoisotopic (exact) mass is 352 g/mol. The van der Waals surface area contributed by atoms with E-state index in [1.807, 2.05) is 43.3 Å². The van der Waals surface area contributed by atoms with Crippen LogP contribution in [0.2, 0.25) is 0 Å². The van der Waals surface area contributed by atoms with Crippen molar-refractivity contribution in [2.75, 3.05) is 25.5 Å². The van der Waals surface area contributed by atoms with Crippen LogP contribution in [0.1, 0.15) is 18.9 Å². The van der Waals surface area contributed by atoms with Gasteiger partial charge in [-0.1, -0.05) is 30.3 Å². The van der Waals surface area contributed by atoms with E-state index in [2.05, 4.69) is 16.3 Å². The molecule has 5 nitrogen and oxygen atoms in total. The Labute approximate surface area is 153 Å². The average molecular weight is 352 g/mol. The number of phenolic OH excluding ortho intramolecular Hbond substituents is 1. The Balaban J connectivity index is 1.63. The van der Waals surface area contributed by atoms with Gasteiger partial charge in [0.05, 0.1) is 18.8 Å². The third-order valence-corrected chi connectivity index (χ3v) is 4.77. The van der Waals surface area contributed by atoms with Crippen LogP contribution < -0.4 is 10.1 Å². The molecule has 0 radical (unpaired) electrons. The number of ether oxygens (including phenoxy) is 1. The SMILES string of the molecule is COc1ccccc1NC(=O)[C@@H](C)N1CC=C(c2ccc(O)cc2)CC1. The summed E-state index contributed by atoms with van der Waals surface area (Å²) in [5.41, 5.74) is 3.05. The van der Waals surface area contributed by atoms with Gasteiger partial charge < -0.3 is 15.2 Å². The Hall–Kier alpha value is -2.79. The van der Waals surface area contributed by atoms with Crippen LogP contribution in [-0.4, -0.2) is 42.2 Å². The van der Waals surface area contributed by atoms with E-state index >= 15 is 0 Å². The quantitative estimate of drug-likeness (QED) is 0.864. The van der Waals surface area contributed by atoms with Crippen molar-refractivity contribution in [3.63, 3.8) is 0 Å². The molecule has 0 unspecified atom stereocenters. The van der Waals surface area contributed by atoms with Crippen LogP contribution in [0.5, 0.6) is 11.5 Å². The van der Waals surface area contributed by atoms with Crippen molar-refractivity contribution in [2.45, 2.75) is 19.4 Å². The number of methoxy groups -OCH3 is 1. The van der Waals surface area contributed by atoms with Crippen molar-refractivity contribution in [2.24, 2.45) is 0 Å². The molecule has 0 saturated heterocycles. The minimum atomic E-state index is -0.238. The summed E-state index contributed by atoms with van der Waals surface area (Å²) < 4.78 is 5.29. The van der Waals surface area contributed by atoms with E-state index in [1.54, 1.807) is 19.2 Å². The van der Waals surface area contributed by atoms with Crippen LogP contribution in [0.15, 0.2) is 54.6 Å². The number of carbonyl (C=O) groups is 1. The number of para-hydroxylation sites is 2. The number of rotatable bonds is 5. The van der Waals surface area contributed by atoms with Gasteiger partial charge in [0, 0.05) is 13.1 Å². The summed E-state index contributed by atoms with van der Waals surface area (Å²) in [6, 6.07) is 14.4. The number of aromatic hydroxyl groups is 1. The lowest BCUT2D eigenvalue weighted by molar-refractivity contribution is -0.120. The number of hydrogen-bond acceptors (Lipinski definition) is 4. The molecule has 26 heavy (non-hydrogen) atoms. The van der Waals surface area contributed by atoms with E-state index in [4.69, 9.17) is 4.74 Å². The first-order valence-corrected chi connectivity index (χ1v) is 8.75. The standard InChI is InChI=1S/C21H24N2O3/c1-15(21(25)22-19-5-3-4-6-20(19)26-2)23-13-11-17(12-14-23)16-7-9-18(24)10-8-16/h3-11,15,24H,12-14H2,1-2H3,(H,22,25)/t15-/m1/s1. The highest BCUT2D eigenvalue weighted by Crippen LogP contribution is 2.26. The Morgan fingerprint density at radius 3 is 2.58 bits per heavy atom. The number of anilines is 1. The van der Waals surface area contributed by atoms with E-state index < -0.39 is 0 Å². The third-order valence-electron chi connectivity index (χ3n) is 4.77. The molecule has 1 atom stereocenters. The van der Waals surface area contributed by atoms with Crippen molar-refractivity contribution in [1.82, 2.24) is 4.90 Å². The molecule has 3 rings (SSSR count). The van der Waals surface area contributed by atoms with Crippen molar-refractivity contribution in [1.29, 1.82) is 0 Å². The normalized spacial score (nSPS) is 15.8. The topological polar surface area (TPSA) is 61.8 Å². The lowest BCUT2D eigenvalue weighted by atomic mass is 9.98. The first kappa shape index (κ1) is 18.0. The molecule has 1 aliphatic rings. The fraction of sp³-hybridized carbons (Fsp3) is 0.286. The van der Waals surface area contributed by atoms with E-state index in [9.17, 15) is 9.90 Å². The number of carbonyl (C=O) groups excluding carboxylic acids is 1. The molecule has 0 aliphatic carbocycles. The predicted molar refractivity (Wildman–Crippen MR) is 103 cm³/mol. The van der Waals surface area contributed by atoms with Crippen LogP contribution >= 0.6 is 0 Å². The van der Waals surface area contributed by atoms with Gasteiger partial charge in [0.2, 0.25) is 5.91 Å². The van der Waals surface area contributed by atoms with Gasteiger partial charge >= 0.3 is 0 Å². The molecule has 0 fully saturated rings. The van der Waals surface area contributed by atoms with E-state index in [-0.39, 0.29) is 17.7 Å². The molecular weight excluding hydrogens is 328 g/mol. The lowest BCUT2D eigenvalue weighted by Crippen LogP contribution is -2.44. The van der Waals surface area contributed by atoms with Crippen LogP contribution in [-0.2, 0) is 4.79 Å². The zero-order valence-corrected chi connectivity index (χ0v) is 15.1. The minimum absolute atomic E-state index is 0.0454. The van der Waals surface area contributed by atoms with Crippen LogP contribution in [0, 0.1) is 0 Å². The molecule has 0 saturated carbocycles. The molecule has 1 heterocycles. The Morgan fingerprint density at radius 1 is 1.19 bits per heavy atom. The summed E-state index contributed by atoms with van der Waals surface area (Å²) in [5, 5.41) is 12.4. The summed E-state index contributed by atoms with van der Waals surface area (Å²) in [4.78, 5) is 14.8. The third kappa shape index (κ3) is 4.06. The van der Waals surface area contributed by atoms with Crippen LogP contribution in [0.25, 0.3) is 5.57 Å². The molecule has 136 valence electrons. The maximum atomic E-state index is 12.6. The molecule has 5 heteroatoms. The van der Waals surface area contributed by atoms with Gasteiger partial charge in [-0.05, 0) is 48.7 Å². The first-order valence-electron chi connectivity index (χ1n) is 8.75. The fourth-order valence-corrected chi connectivity index (χ4v) is 3.13. The fourth-order valence-electron chi connectivity index (χ4n) is 3.13. The second-order valence-corrected chi connectivity index (χ2v) is 6.39. The van der Waals surface area contributed by atoms with Crippen molar-refractivity contribution in [3.8, 4) is 11.5 Å². The molecular formula is C21H24N2O3. The molecule has 2 aromatic rings. The zero-order valence-electron chi connectivity index (χ0n) is 15.1. The van der Waals surface area contributed by atoms with Gasteiger partial charge in [0.1, 0.15) is 11.5 Å².